The maximum absolute atomic E-state index is 13.5. The van der Waals surface area contributed by atoms with Crippen LogP contribution in [-0.2, 0) is 6.42 Å². The molecule has 5 rings (SSSR count). The lowest BCUT2D eigenvalue weighted by molar-refractivity contribution is 0.0689. The number of nitrogens with zero attached hydrogens (tertiary/aromatic N) is 3. The molecule has 1 amide bonds. The second kappa shape index (κ2) is 7.80. The summed E-state index contributed by atoms with van der Waals surface area (Å²) < 4.78 is 6.94. The van der Waals surface area contributed by atoms with E-state index in [9.17, 15) is 4.79 Å². The zero-order valence-electron chi connectivity index (χ0n) is 16.6. The summed E-state index contributed by atoms with van der Waals surface area (Å²) in [5.74, 6) is 0.737. The Labute approximate surface area is 179 Å². The van der Waals surface area contributed by atoms with E-state index >= 15 is 0 Å². The quantitative estimate of drug-likeness (QED) is 0.484. The van der Waals surface area contributed by atoms with Crippen molar-refractivity contribution in [2.45, 2.75) is 12.5 Å². The van der Waals surface area contributed by atoms with Gasteiger partial charge < -0.3 is 9.64 Å². The first-order valence-corrected chi connectivity index (χ1v) is 10.7. The molecule has 30 heavy (non-hydrogen) atoms. The van der Waals surface area contributed by atoms with E-state index in [1.165, 1.54) is 10.4 Å². The van der Waals surface area contributed by atoms with Gasteiger partial charge in [0, 0.05) is 17.6 Å². The highest BCUT2D eigenvalue weighted by molar-refractivity contribution is 7.10. The molecule has 4 aromatic rings. The zero-order valence-corrected chi connectivity index (χ0v) is 17.4. The van der Waals surface area contributed by atoms with E-state index in [0.717, 1.165) is 23.4 Å². The van der Waals surface area contributed by atoms with E-state index < -0.39 is 0 Å². The van der Waals surface area contributed by atoms with Gasteiger partial charge in [0.05, 0.1) is 18.8 Å². The van der Waals surface area contributed by atoms with Crippen LogP contribution in [0.15, 0.2) is 78.3 Å². The van der Waals surface area contributed by atoms with Crippen molar-refractivity contribution in [3.8, 4) is 11.4 Å². The average molecular weight is 416 g/mol. The predicted molar refractivity (Wildman–Crippen MR) is 117 cm³/mol. The molecule has 6 heteroatoms. The molecule has 1 aliphatic heterocycles. The maximum Gasteiger partial charge on any atom is 0.275 e. The average Bonchev–Trinajstić information content (AvgIpc) is 3.48. The number of carbonyl (C=O) groups excluding carboxylic acids is 1. The number of carbonyl (C=O) groups is 1. The Morgan fingerprint density at radius 3 is 2.63 bits per heavy atom. The number of methoxy groups -OCH3 is 1. The molecule has 2 aromatic carbocycles. The van der Waals surface area contributed by atoms with Gasteiger partial charge in [-0.1, -0.05) is 30.3 Å². The van der Waals surface area contributed by atoms with Gasteiger partial charge >= 0.3 is 0 Å². The third-order valence-corrected chi connectivity index (χ3v) is 6.48. The lowest BCUT2D eigenvalue weighted by Gasteiger charge is -2.36. The van der Waals surface area contributed by atoms with Gasteiger partial charge in [0.1, 0.15) is 5.75 Å². The molecular formula is C24H21N3O2S. The largest absolute Gasteiger partial charge is 0.497 e. The summed E-state index contributed by atoms with van der Waals surface area (Å²) in [5, 5.41) is 6.69. The molecule has 0 fully saturated rings. The van der Waals surface area contributed by atoms with Gasteiger partial charge in [0.2, 0.25) is 0 Å². The van der Waals surface area contributed by atoms with Crippen LogP contribution >= 0.6 is 11.3 Å². The number of aromatic nitrogens is 2. The van der Waals surface area contributed by atoms with E-state index in [4.69, 9.17) is 4.74 Å². The summed E-state index contributed by atoms with van der Waals surface area (Å²) in [4.78, 5) is 16.8. The SMILES string of the molecule is COc1ccc(-n2ccc(C(=O)N3CCc4sccc4C3c3ccccc3)n2)cc1. The van der Waals surface area contributed by atoms with Crippen LogP contribution in [0.2, 0.25) is 0 Å². The monoisotopic (exact) mass is 415 g/mol. The molecule has 0 saturated carbocycles. The fourth-order valence-corrected chi connectivity index (χ4v) is 4.90. The van der Waals surface area contributed by atoms with Crippen LogP contribution in [0.4, 0.5) is 0 Å². The Kier molecular flexibility index (Phi) is 4.85. The lowest BCUT2D eigenvalue weighted by Crippen LogP contribution is -2.40. The number of thiophene rings is 1. The van der Waals surface area contributed by atoms with Gasteiger partial charge in [-0.2, -0.15) is 5.10 Å². The molecule has 0 bridgehead atoms. The van der Waals surface area contributed by atoms with Crippen LogP contribution in [0.3, 0.4) is 0 Å². The summed E-state index contributed by atoms with van der Waals surface area (Å²) in [7, 11) is 1.64. The highest BCUT2D eigenvalue weighted by Gasteiger charge is 2.34. The van der Waals surface area contributed by atoms with Crippen LogP contribution < -0.4 is 4.74 Å². The number of fused-ring (bicyclic) bond motifs is 1. The number of rotatable bonds is 4. The van der Waals surface area contributed by atoms with E-state index in [1.807, 2.05) is 53.6 Å². The maximum atomic E-state index is 13.5. The van der Waals surface area contributed by atoms with Crippen LogP contribution in [-0.4, -0.2) is 34.2 Å². The number of hydrogen-bond donors (Lipinski definition) is 0. The highest BCUT2D eigenvalue weighted by atomic mass is 32.1. The van der Waals surface area contributed by atoms with Gasteiger partial charge in [0.25, 0.3) is 5.91 Å². The van der Waals surface area contributed by atoms with Crippen LogP contribution in [0, 0.1) is 0 Å². The molecule has 150 valence electrons. The molecule has 5 nitrogen and oxygen atoms in total. The number of amides is 1. The Morgan fingerprint density at radius 2 is 1.87 bits per heavy atom. The van der Waals surface area contributed by atoms with E-state index in [0.29, 0.717) is 12.2 Å². The number of ether oxygens (including phenoxy) is 1. The van der Waals surface area contributed by atoms with Crippen LogP contribution in [0.25, 0.3) is 5.69 Å². The normalized spacial score (nSPS) is 15.6. The van der Waals surface area contributed by atoms with Crippen molar-refractivity contribution in [2.24, 2.45) is 0 Å². The Morgan fingerprint density at radius 1 is 1.07 bits per heavy atom. The molecule has 3 heterocycles. The summed E-state index contributed by atoms with van der Waals surface area (Å²) in [6.07, 6.45) is 2.70. The predicted octanol–water partition coefficient (Wildman–Crippen LogP) is 4.73. The van der Waals surface area contributed by atoms with Gasteiger partial charge in [-0.25, -0.2) is 4.68 Å². The van der Waals surface area contributed by atoms with E-state index in [-0.39, 0.29) is 11.9 Å². The molecular weight excluding hydrogens is 394 g/mol. The second-order valence-electron chi connectivity index (χ2n) is 7.20. The summed E-state index contributed by atoms with van der Waals surface area (Å²) in [6.45, 7) is 0.682. The molecule has 2 aromatic heterocycles. The zero-order chi connectivity index (χ0) is 20.5. The van der Waals surface area contributed by atoms with Crippen molar-refractivity contribution in [2.75, 3.05) is 13.7 Å². The molecule has 0 radical (unpaired) electrons. The molecule has 1 atom stereocenters. The van der Waals surface area contributed by atoms with Gasteiger partial charge in [-0.15, -0.1) is 11.3 Å². The standard InChI is InChI=1S/C24H21N3O2S/c1-29-19-9-7-18(8-10-19)27-15-11-21(25-27)24(28)26-14-12-22-20(13-16-30-22)23(26)17-5-3-2-4-6-17/h2-11,13,15-16,23H,12,14H2,1H3. The van der Waals surface area contributed by atoms with Crippen molar-refractivity contribution in [3.63, 3.8) is 0 Å². The fraction of sp³-hybridized carbons (Fsp3) is 0.167. The van der Waals surface area contributed by atoms with Crippen LogP contribution in [0.5, 0.6) is 5.75 Å². The lowest BCUT2D eigenvalue weighted by atomic mass is 9.93. The number of hydrogen-bond acceptors (Lipinski definition) is 4. The van der Waals surface area contributed by atoms with Crippen molar-refractivity contribution < 1.29 is 9.53 Å². The first-order valence-electron chi connectivity index (χ1n) is 9.87. The molecule has 0 saturated heterocycles. The second-order valence-corrected chi connectivity index (χ2v) is 8.21. The van der Waals surface area contributed by atoms with Crippen LogP contribution in [0.1, 0.15) is 32.5 Å². The Balaban J connectivity index is 1.47. The Bertz CT molecular complexity index is 1160. The minimum Gasteiger partial charge on any atom is -0.497 e. The van der Waals surface area contributed by atoms with Gasteiger partial charge in [-0.05, 0) is 59.3 Å². The molecule has 0 N–H and O–H groups in total. The first kappa shape index (κ1) is 18.6. The van der Waals surface area contributed by atoms with Crippen molar-refractivity contribution >= 4 is 17.2 Å². The molecule has 0 aliphatic carbocycles. The molecule has 0 spiro atoms. The van der Waals surface area contributed by atoms with Crippen molar-refractivity contribution in [1.29, 1.82) is 0 Å². The smallest absolute Gasteiger partial charge is 0.275 e. The first-order chi connectivity index (χ1) is 14.7. The fourth-order valence-electron chi connectivity index (χ4n) is 3.99. The van der Waals surface area contributed by atoms with E-state index in [1.54, 1.807) is 29.2 Å². The number of benzene rings is 2. The third kappa shape index (κ3) is 3.29. The topological polar surface area (TPSA) is 47.4 Å². The van der Waals surface area contributed by atoms with Gasteiger partial charge in [0.15, 0.2) is 5.69 Å². The minimum absolute atomic E-state index is 0.0482. The summed E-state index contributed by atoms with van der Waals surface area (Å²) in [6, 6.07) is 21.7. The molecule has 1 unspecified atom stereocenters. The van der Waals surface area contributed by atoms with Gasteiger partial charge in [-0.3, -0.25) is 4.79 Å². The third-order valence-electron chi connectivity index (χ3n) is 5.49. The summed E-state index contributed by atoms with van der Waals surface area (Å²) >= 11 is 1.77. The summed E-state index contributed by atoms with van der Waals surface area (Å²) in [5.41, 5.74) is 3.68. The van der Waals surface area contributed by atoms with Crippen molar-refractivity contribution in [3.05, 3.63) is 100 Å². The highest BCUT2D eigenvalue weighted by Crippen LogP contribution is 2.38. The van der Waals surface area contributed by atoms with E-state index in [2.05, 4.69) is 28.7 Å². The molecule has 1 aliphatic rings. The Hall–Kier alpha value is -3.38. The van der Waals surface area contributed by atoms with Crippen molar-refractivity contribution in [1.82, 2.24) is 14.7 Å². The minimum atomic E-state index is -0.0835.